The van der Waals surface area contributed by atoms with E-state index in [1.165, 1.54) is 28.7 Å². The predicted molar refractivity (Wildman–Crippen MR) is 89.7 cm³/mol. The largest absolute Gasteiger partial charge is 0.462 e. The van der Waals surface area contributed by atoms with Gasteiger partial charge in [0.2, 0.25) is 0 Å². The molecule has 0 amide bonds. The van der Waals surface area contributed by atoms with Gasteiger partial charge in [-0.05, 0) is 67.7 Å². The smallest absolute Gasteiger partial charge is 0.341 e. The molecule has 2 heterocycles. The van der Waals surface area contributed by atoms with Crippen LogP contribution >= 0.6 is 33.9 Å². The lowest BCUT2D eigenvalue weighted by Crippen LogP contribution is -2.11. The molecule has 0 atom stereocenters. The number of fused-ring (bicyclic) bond motifs is 3. The summed E-state index contributed by atoms with van der Waals surface area (Å²) < 4.78 is 6.20. The topological polar surface area (TPSA) is 39.2 Å². The van der Waals surface area contributed by atoms with Crippen molar-refractivity contribution in [3.8, 4) is 0 Å². The molecule has 5 heteroatoms. The Labute approximate surface area is 135 Å². The minimum Gasteiger partial charge on any atom is -0.462 e. The normalized spacial score (nSPS) is 14.3. The van der Waals surface area contributed by atoms with E-state index in [1.807, 2.05) is 13.8 Å². The zero-order chi connectivity index (χ0) is 14.3. The average molecular weight is 401 g/mol. The number of aromatic nitrogens is 1. The summed E-state index contributed by atoms with van der Waals surface area (Å²) in [6, 6.07) is 0. The molecular formula is C15H16INO2S. The Morgan fingerprint density at radius 3 is 2.90 bits per heavy atom. The lowest BCUT2D eigenvalue weighted by molar-refractivity contribution is 0.0524. The van der Waals surface area contributed by atoms with Gasteiger partial charge in [-0.25, -0.2) is 9.78 Å². The number of carbonyl (C=O) groups excluding carboxylic acids is 1. The van der Waals surface area contributed by atoms with Crippen molar-refractivity contribution in [3.63, 3.8) is 0 Å². The van der Waals surface area contributed by atoms with Crippen LogP contribution in [-0.2, 0) is 17.6 Å². The fraction of sp³-hybridized carbons (Fsp3) is 0.467. The van der Waals surface area contributed by atoms with E-state index in [2.05, 4.69) is 27.6 Å². The van der Waals surface area contributed by atoms with Crippen molar-refractivity contribution in [2.24, 2.45) is 0 Å². The van der Waals surface area contributed by atoms with Crippen LogP contribution in [0.4, 0.5) is 0 Å². The first-order chi connectivity index (χ1) is 9.63. The molecule has 0 aromatic carbocycles. The number of esters is 1. The zero-order valence-corrected chi connectivity index (χ0v) is 14.6. The molecule has 2 aromatic heterocycles. The number of hydrogen-bond donors (Lipinski definition) is 0. The van der Waals surface area contributed by atoms with Gasteiger partial charge in [0.25, 0.3) is 0 Å². The molecule has 0 radical (unpaired) electrons. The lowest BCUT2D eigenvalue weighted by Gasteiger charge is -2.12. The molecule has 0 unspecified atom stereocenters. The van der Waals surface area contributed by atoms with Crippen molar-refractivity contribution < 1.29 is 9.53 Å². The van der Waals surface area contributed by atoms with Crippen molar-refractivity contribution >= 4 is 50.1 Å². The molecule has 106 valence electrons. The number of pyridine rings is 1. The van der Waals surface area contributed by atoms with Gasteiger partial charge in [-0.3, -0.25) is 0 Å². The van der Waals surface area contributed by atoms with Crippen LogP contribution in [0.5, 0.6) is 0 Å². The minimum absolute atomic E-state index is 0.250. The predicted octanol–water partition coefficient (Wildman–Crippen LogP) is 4.26. The highest BCUT2D eigenvalue weighted by Crippen LogP contribution is 2.39. The van der Waals surface area contributed by atoms with Gasteiger partial charge in [0.15, 0.2) is 0 Å². The van der Waals surface area contributed by atoms with Crippen LogP contribution in [0.1, 0.15) is 46.3 Å². The summed E-state index contributed by atoms with van der Waals surface area (Å²) >= 11 is 4.08. The number of hydrogen-bond acceptors (Lipinski definition) is 4. The zero-order valence-electron chi connectivity index (χ0n) is 11.6. The van der Waals surface area contributed by atoms with Gasteiger partial charge in [0.05, 0.1) is 17.9 Å². The molecule has 0 spiro atoms. The van der Waals surface area contributed by atoms with Gasteiger partial charge in [0.1, 0.15) is 4.83 Å². The van der Waals surface area contributed by atoms with Crippen LogP contribution in [0.25, 0.3) is 10.2 Å². The molecule has 3 nitrogen and oxygen atoms in total. The first kappa shape index (κ1) is 14.3. The maximum Gasteiger partial charge on any atom is 0.341 e. The molecule has 0 aliphatic heterocycles. The molecule has 1 aliphatic rings. The van der Waals surface area contributed by atoms with Gasteiger partial charge in [-0.15, -0.1) is 11.3 Å². The summed E-state index contributed by atoms with van der Waals surface area (Å²) in [5.41, 5.74) is 2.84. The van der Waals surface area contributed by atoms with Gasteiger partial charge < -0.3 is 4.74 Å². The van der Waals surface area contributed by atoms with Gasteiger partial charge in [-0.2, -0.15) is 0 Å². The average Bonchev–Trinajstić information content (AvgIpc) is 2.76. The Hall–Kier alpha value is -0.690. The molecule has 0 fully saturated rings. The monoisotopic (exact) mass is 401 g/mol. The third-order valence-electron chi connectivity index (χ3n) is 3.70. The second-order valence-corrected chi connectivity index (χ2v) is 7.16. The van der Waals surface area contributed by atoms with E-state index in [4.69, 9.17) is 4.74 Å². The Morgan fingerprint density at radius 1 is 1.40 bits per heavy atom. The van der Waals surface area contributed by atoms with E-state index in [9.17, 15) is 4.79 Å². The van der Waals surface area contributed by atoms with E-state index >= 15 is 0 Å². The standard InChI is InChI=1S/C15H16INO2S/c1-3-19-15(18)11-8(2)17-14-12(13(11)16)9-6-4-5-7-10(9)20-14/h3-7H2,1-2H3. The van der Waals surface area contributed by atoms with Crippen molar-refractivity contribution in [1.29, 1.82) is 0 Å². The highest BCUT2D eigenvalue weighted by atomic mass is 127. The van der Waals surface area contributed by atoms with E-state index in [-0.39, 0.29) is 5.97 Å². The Bertz CT molecular complexity index is 693. The molecule has 0 N–H and O–H groups in total. The first-order valence-electron chi connectivity index (χ1n) is 6.91. The number of aryl methyl sites for hydroxylation is 3. The van der Waals surface area contributed by atoms with Crippen LogP contribution in [0, 0.1) is 10.5 Å². The lowest BCUT2D eigenvalue weighted by atomic mass is 9.96. The fourth-order valence-corrected chi connectivity index (χ4v) is 5.48. The third-order valence-corrected chi connectivity index (χ3v) is 5.97. The summed E-state index contributed by atoms with van der Waals surface area (Å²) in [5, 5.41) is 1.19. The summed E-state index contributed by atoms with van der Waals surface area (Å²) in [6.45, 7) is 4.12. The van der Waals surface area contributed by atoms with E-state index in [0.29, 0.717) is 12.2 Å². The van der Waals surface area contributed by atoms with Crippen molar-refractivity contribution in [2.75, 3.05) is 6.61 Å². The number of carbonyl (C=O) groups is 1. The molecule has 3 rings (SSSR count). The number of ether oxygens (including phenoxy) is 1. The molecule has 0 saturated carbocycles. The number of thiophene rings is 1. The maximum atomic E-state index is 12.2. The van der Waals surface area contributed by atoms with E-state index in [1.54, 1.807) is 11.3 Å². The van der Waals surface area contributed by atoms with Crippen LogP contribution in [0.15, 0.2) is 0 Å². The summed E-state index contributed by atoms with van der Waals surface area (Å²) in [7, 11) is 0. The second kappa shape index (κ2) is 5.60. The minimum atomic E-state index is -0.250. The summed E-state index contributed by atoms with van der Waals surface area (Å²) in [4.78, 5) is 19.3. The molecule has 0 bridgehead atoms. The molecular weight excluding hydrogens is 385 g/mol. The fourth-order valence-electron chi connectivity index (χ4n) is 2.79. The molecule has 0 saturated heterocycles. The van der Waals surface area contributed by atoms with Gasteiger partial charge >= 0.3 is 5.97 Å². The maximum absolute atomic E-state index is 12.2. The van der Waals surface area contributed by atoms with Crippen molar-refractivity contribution in [2.45, 2.75) is 39.5 Å². The Morgan fingerprint density at radius 2 is 2.15 bits per heavy atom. The van der Waals surface area contributed by atoms with Crippen LogP contribution in [0.3, 0.4) is 0 Å². The highest BCUT2D eigenvalue weighted by molar-refractivity contribution is 14.1. The van der Waals surface area contributed by atoms with E-state index < -0.39 is 0 Å². The van der Waals surface area contributed by atoms with Crippen LogP contribution < -0.4 is 0 Å². The number of rotatable bonds is 2. The van der Waals surface area contributed by atoms with E-state index in [0.717, 1.165) is 26.9 Å². The third kappa shape index (κ3) is 2.24. The van der Waals surface area contributed by atoms with Gasteiger partial charge in [-0.1, -0.05) is 0 Å². The van der Waals surface area contributed by atoms with Crippen molar-refractivity contribution in [3.05, 3.63) is 25.3 Å². The SMILES string of the molecule is CCOC(=O)c1c(C)nc2sc3c(c2c1I)CCCC3. The summed E-state index contributed by atoms with van der Waals surface area (Å²) in [5.74, 6) is -0.250. The quantitative estimate of drug-likeness (QED) is 0.558. The highest BCUT2D eigenvalue weighted by Gasteiger charge is 2.24. The molecule has 2 aromatic rings. The first-order valence-corrected chi connectivity index (χ1v) is 8.80. The van der Waals surface area contributed by atoms with Gasteiger partial charge in [0, 0.05) is 13.8 Å². The van der Waals surface area contributed by atoms with Crippen molar-refractivity contribution in [1.82, 2.24) is 4.98 Å². The van der Waals surface area contributed by atoms with Crippen LogP contribution in [0.2, 0.25) is 0 Å². The molecule has 1 aliphatic carbocycles. The van der Waals surface area contributed by atoms with Crippen LogP contribution in [-0.4, -0.2) is 17.6 Å². The Kier molecular flexibility index (Phi) is 3.99. The number of nitrogens with zero attached hydrogens (tertiary/aromatic N) is 1. The summed E-state index contributed by atoms with van der Waals surface area (Å²) in [6.07, 6.45) is 4.76. The second-order valence-electron chi connectivity index (χ2n) is 5.00. The Balaban J connectivity index is 2.25. The molecule has 20 heavy (non-hydrogen) atoms. The number of halogens is 1.